The van der Waals surface area contributed by atoms with Crippen molar-refractivity contribution in [2.45, 2.75) is 12.2 Å². The highest BCUT2D eigenvalue weighted by molar-refractivity contribution is 6.03. The van der Waals surface area contributed by atoms with Crippen LogP contribution in [0.4, 0.5) is 26.3 Å². The Morgan fingerprint density at radius 1 is 0.675 bits per heavy atom. The fourth-order valence-corrected chi connectivity index (χ4v) is 3.93. The van der Waals surface area contributed by atoms with E-state index in [0.717, 1.165) is 0 Å². The third-order valence-electron chi connectivity index (χ3n) is 5.60. The Morgan fingerprint density at radius 2 is 1.07 bits per heavy atom. The van der Waals surface area contributed by atoms with E-state index in [-0.39, 0.29) is 33.8 Å². The Labute approximate surface area is 220 Å². The van der Waals surface area contributed by atoms with Crippen molar-refractivity contribution in [3.63, 3.8) is 0 Å². The largest absolute Gasteiger partial charge is 0.429 e. The molecule has 0 spiro atoms. The van der Waals surface area contributed by atoms with E-state index >= 15 is 0 Å². The van der Waals surface area contributed by atoms with Crippen LogP contribution in [0.1, 0.15) is 43.5 Å². The van der Waals surface area contributed by atoms with Crippen LogP contribution in [0.5, 0.6) is 0 Å². The molecule has 40 heavy (non-hydrogen) atoms. The van der Waals surface area contributed by atoms with Gasteiger partial charge in [0.2, 0.25) is 0 Å². The molecule has 0 saturated carbocycles. The maximum atomic E-state index is 13.6. The molecule has 0 saturated heterocycles. The molecule has 3 aromatic rings. The van der Waals surface area contributed by atoms with Gasteiger partial charge in [-0.2, -0.15) is 17.6 Å². The summed E-state index contributed by atoms with van der Waals surface area (Å²) in [6.45, 7) is -4.44. The predicted octanol–water partition coefficient (Wildman–Crippen LogP) is 6.09. The summed E-state index contributed by atoms with van der Waals surface area (Å²) in [4.78, 5) is 39.6. The number of hydrogen-bond acceptors (Lipinski definition) is 6. The van der Waals surface area contributed by atoms with Crippen molar-refractivity contribution in [2.24, 2.45) is 0 Å². The third-order valence-corrected chi connectivity index (χ3v) is 5.60. The van der Waals surface area contributed by atoms with Gasteiger partial charge in [0, 0.05) is 11.0 Å². The first kappa shape index (κ1) is 26.7. The lowest BCUT2D eigenvalue weighted by Crippen LogP contribution is -2.27. The second-order valence-corrected chi connectivity index (χ2v) is 8.52. The van der Waals surface area contributed by atoms with Crippen LogP contribution in [0, 0.1) is 0 Å². The van der Waals surface area contributed by atoms with Crippen molar-refractivity contribution in [3.05, 3.63) is 70.3 Å². The number of rotatable bonds is 6. The van der Waals surface area contributed by atoms with Gasteiger partial charge in [-0.15, -0.1) is 0 Å². The highest BCUT2D eigenvalue weighted by Crippen LogP contribution is 2.27. The van der Waals surface area contributed by atoms with Gasteiger partial charge in [0.15, 0.2) is 13.3 Å². The summed E-state index contributed by atoms with van der Waals surface area (Å²) in [5.74, 6) is -3.05. The number of carbonyl (C=O) groups excluding carboxylic acids is 2. The molecule has 8 nitrogen and oxygen atoms in total. The fraction of sp³-hybridized carbons (Fsp3) is 0.154. The van der Waals surface area contributed by atoms with Crippen LogP contribution >= 0.6 is 0 Å². The molecule has 0 aromatic carbocycles. The van der Waals surface area contributed by atoms with Crippen molar-refractivity contribution in [1.82, 2.24) is 19.9 Å². The quantitative estimate of drug-likeness (QED) is 0.191. The Balaban J connectivity index is 1.77. The number of aromatic nitrogens is 4. The van der Waals surface area contributed by atoms with Crippen molar-refractivity contribution >= 4 is 58.3 Å². The second kappa shape index (κ2) is 10.0. The number of halogens is 6. The summed E-state index contributed by atoms with van der Waals surface area (Å²) in [7, 11) is 0. The highest BCUT2D eigenvalue weighted by Gasteiger charge is 2.37. The molecule has 0 atom stereocenters. The summed E-state index contributed by atoms with van der Waals surface area (Å²) in [5.41, 5.74) is 0.154. The average molecular weight is 562 g/mol. The highest BCUT2D eigenvalue weighted by atomic mass is 19.3. The number of nitrogens with zero attached hydrogens (tertiary/aromatic N) is 2. The number of carbonyl (C=O) groups is 2. The van der Waals surface area contributed by atoms with E-state index in [1.54, 1.807) is 0 Å². The van der Waals surface area contributed by atoms with Crippen molar-refractivity contribution in [2.75, 3.05) is 13.3 Å². The molecule has 2 aliphatic rings. The normalized spacial score (nSPS) is 12.9. The summed E-state index contributed by atoms with van der Waals surface area (Å²) in [5, 5.41) is 0. The molecule has 0 radical (unpaired) electrons. The smallest absolute Gasteiger partial charge is 0.395 e. The van der Waals surface area contributed by atoms with Crippen molar-refractivity contribution < 1.29 is 45.4 Å². The van der Waals surface area contributed by atoms with Crippen LogP contribution < -0.4 is 0 Å². The first-order valence-corrected chi connectivity index (χ1v) is 11.4. The Hall–Kier alpha value is -4.88. The molecule has 0 fully saturated rings. The van der Waals surface area contributed by atoms with Crippen molar-refractivity contribution in [1.29, 1.82) is 0 Å². The SMILES string of the molecule is O=C(OC(F)(F)CF)c1c2nc(cc3ccc([nH]3)c(C(=O)OC(F)(F)CF)c3nc(cc4ccc1[nH]4)C=C3)C=C2. The number of ether oxygens (including phenoxy) is 2. The van der Waals surface area contributed by atoms with E-state index < -0.39 is 48.6 Å². The van der Waals surface area contributed by atoms with Gasteiger partial charge in [0.1, 0.15) is 11.1 Å². The summed E-state index contributed by atoms with van der Waals surface area (Å²) in [6.07, 6.45) is -3.14. The molecule has 5 heterocycles. The zero-order valence-corrected chi connectivity index (χ0v) is 20.0. The summed E-state index contributed by atoms with van der Waals surface area (Å²) >= 11 is 0. The molecule has 206 valence electrons. The van der Waals surface area contributed by atoms with Gasteiger partial charge < -0.3 is 19.4 Å². The predicted molar refractivity (Wildman–Crippen MR) is 132 cm³/mol. The van der Waals surface area contributed by atoms with E-state index in [2.05, 4.69) is 29.4 Å². The van der Waals surface area contributed by atoms with Gasteiger partial charge in [0.05, 0.1) is 33.8 Å². The van der Waals surface area contributed by atoms with Crippen LogP contribution in [0.25, 0.3) is 46.4 Å². The Bertz CT molecular complexity index is 1610. The lowest BCUT2D eigenvalue weighted by molar-refractivity contribution is -0.210. The van der Waals surface area contributed by atoms with E-state index in [4.69, 9.17) is 0 Å². The minimum Gasteiger partial charge on any atom is -0.395 e. The summed E-state index contributed by atoms with van der Waals surface area (Å²) < 4.78 is 87.8. The summed E-state index contributed by atoms with van der Waals surface area (Å²) in [6, 6.07) is 8.57. The van der Waals surface area contributed by atoms with Crippen molar-refractivity contribution in [3.8, 4) is 0 Å². The first-order chi connectivity index (χ1) is 19.0. The molecule has 0 unspecified atom stereocenters. The van der Waals surface area contributed by atoms with Gasteiger partial charge in [-0.05, 0) is 60.7 Å². The van der Waals surface area contributed by atoms with Crippen LogP contribution in [0.15, 0.2) is 36.4 Å². The maximum absolute atomic E-state index is 13.6. The Morgan fingerprint density at radius 3 is 1.45 bits per heavy atom. The van der Waals surface area contributed by atoms with E-state index in [9.17, 15) is 35.9 Å². The first-order valence-electron chi connectivity index (χ1n) is 11.4. The second-order valence-electron chi connectivity index (χ2n) is 8.52. The van der Waals surface area contributed by atoms with Gasteiger partial charge in [-0.3, -0.25) is 0 Å². The van der Waals surface area contributed by atoms with Crippen LogP contribution in [0.2, 0.25) is 0 Å². The lowest BCUT2D eigenvalue weighted by Gasteiger charge is -2.13. The Kier molecular flexibility index (Phi) is 6.69. The lowest BCUT2D eigenvalue weighted by atomic mass is 10.2. The van der Waals surface area contributed by atoms with Gasteiger partial charge in [-0.1, -0.05) is 0 Å². The topological polar surface area (TPSA) is 110 Å². The molecular weight excluding hydrogens is 546 g/mol. The van der Waals surface area contributed by atoms with Gasteiger partial charge >= 0.3 is 24.2 Å². The molecule has 2 N–H and O–H groups in total. The number of alkyl halides is 6. The molecule has 2 aliphatic heterocycles. The average Bonchev–Trinajstić information content (AvgIpc) is 3.69. The van der Waals surface area contributed by atoms with Crippen LogP contribution in [-0.2, 0) is 9.47 Å². The molecule has 3 aromatic heterocycles. The number of aromatic amines is 2. The van der Waals surface area contributed by atoms with E-state index in [1.807, 2.05) is 0 Å². The molecule has 0 amide bonds. The maximum Gasteiger partial charge on any atom is 0.429 e. The molecule has 14 heteroatoms. The molecule has 8 bridgehead atoms. The molecule has 0 aliphatic carbocycles. The van der Waals surface area contributed by atoms with Crippen LogP contribution in [-0.4, -0.2) is 57.4 Å². The fourth-order valence-electron chi connectivity index (χ4n) is 3.93. The standard InChI is InChI=1S/C26H16F6N4O4/c27-11-25(29,30)39-23(37)21-17-5-1-13(33-17)9-14-2-6-19(34-14)22(24(38)40-26(31,32)12-28)20-8-4-16(36-20)10-15-3-7-18(21)35-15/h1-10,33,36H,11-12H2. The number of H-pyrrole nitrogens is 2. The third kappa shape index (κ3) is 5.46. The van der Waals surface area contributed by atoms with E-state index in [1.165, 1.54) is 60.7 Å². The zero-order valence-electron chi connectivity index (χ0n) is 20.0. The minimum atomic E-state index is -4.36. The number of hydrogen-bond donors (Lipinski definition) is 2. The van der Waals surface area contributed by atoms with Gasteiger partial charge in [-0.25, -0.2) is 28.3 Å². The number of nitrogens with one attached hydrogen (secondary N) is 2. The monoisotopic (exact) mass is 562 g/mol. The van der Waals surface area contributed by atoms with E-state index in [0.29, 0.717) is 11.0 Å². The number of fused-ring (bicyclic) bond motifs is 8. The molecular formula is C26H16F6N4O4. The van der Waals surface area contributed by atoms with Crippen LogP contribution in [0.3, 0.4) is 0 Å². The molecule has 5 rings (SSSR count). The van der Waals surface area contributed by atoms with Gasteiger partial charge in [0.25, 0.3) is 0 Å². The number of esters is 2. The zero-order chi connectivity index (χ0) is 28.7. The minimum absolute atomic E-state index is 0.0147.